The van der Waals surface area contributed by atoms with E-state index >= 15 is 0 Å². The molecule has 1 amide bonds. The van der Waals surface area contributed by atoms with Crippen LogP contribution in [0.5, 0.6) is 5.75 Å². The van der Waals surface area contributed by atoms with Gasteiger partial charge in [-0.25, -0.2) is 4.99 Å². The van der Waals surface area contributed by atoms with Crippen LogP contribution in [-0.4, -0.2) is 56.6 Å². The van der Waals surface area contributed by atoms with Crippen LogP contribution >= 0.6 is 11.6 Å². The number of ether oxygens (including phenoxy) is 1. The Morgan fingerprint density at radius 2 is 1.76 bits per heavy atom. The minimum Gasteiger partial charge on any atom is -0.489 e. The van der Waals surface area contributed by atoms with Gasteiger partial charge in [0.2, 0.25) is 5.91 Å². The normalized spacial score (nSPS) is 12.7. The minimum absolute atomic E-state index is 0.0453. The van der Waals surface area contributed by atoms with Crippen molar-refractivity contribution < 1.29 is 9.53 Å². The molecule has 0 aliphatic carbocycles. The van der Waals surface area contributed by atoms with Crippen molar-refractivity contribution >= 4 is 23.5 Å². The van der Waals surface area contributed by atoms with E-state index in [0.717, 1.165) is 12.3 Å². The summed E-state index contributed by atoms with van der Waals surface area (Å²) in [5, 5.41) is 7.13. The van der Waals surface area contributed by atoms with Crippen LogP contribution in [0.4, 0.5) is 0 Å². The molecule has 0 aliphatic heterocycles. The van der Waals surface area contributed by atoms with E-state index in [-0.39, 0.29) is 18.6 Å². The Morgan fingerprint density at radius 3 is 2.32 bits per heavy atom. The van der Waals surface area contributed by atoms with Gasteiger partial charge in [-0.1, -0.05) is 25.4 Å². The van der Waals surface area contributed by atoms with E-state index in [1.54, 1.807) is 26.2 Å². The van der Waals surface area contributed by atoms with Gasteiger partial charge >= 0.3 is 0 Å². The van der Waals surface area contributed by atoms with E-state index in [1.807, 2.05) is 19.1 Å². The maximum atomic E-state index is 11.7. The third-order valence-electron chi connectivity index (χ3n) is 3.26. The van der Waals surface area contributed by atoms with E-state index in [0.29, 0.717) is 23.4 Å². The molecule has 0 saturated heterocycles. The Hall–Kier alpha value is -1.95. The number of halogens is 1. The molecule has 1 aromatic rings. The van der Waals surface area contributed by atoms with E-state index < -0.39 is 0 Å². The zero-order valence-electron chi connectivity index (χ0n) is 15.7. The second-order valence-electron chi connectivity index (χ2n) is 6.49. The van der Waals surface area contributed by atoms with E-state index in [1.165, 1.54) is 4.90 Å². The zero-order chi connectivity index (χ0) is 18.8. The van der Waals surface area contributed by atoms with Crippen molar-refractivity contribution in [2.75, 3.05) is 33.7 Å². The molecule has 0 bridgehead atoms. The lowest BCUT2D eigenvalue weighted by Crippen LogP contribution is -2.43. The molecule has 1 aromatic carbocycles. The van der Waals surface area contributed by atoms with Crippen molar-refractivity contribution in [3.63, 3.8) is 0 Å². The average molecular weight is 369 g/mol. The number of hydrogen-bond donors (Lipinski definition) is 2. The number of nitrogens with zero attached hydrogens (tertiary/aromatic N) is 2. The van der Waals surface area contributed by atoms with Gasteiger partial charge < -0.3 is 20.3 Å². The molecule has 1 rings (SSSR count). The van der Waals surface area contributed by atoms with Crippen molar-refractivity contribution in [1.82, 2.24) is 15.5 Å². The van der Waals surface area contributed by atoms with E-state index in [4.69, 9.17) is 16.3 Å². The van der Waals surface area contributed by atoms with Crippen molar-refractivity contribution in [3.05, 3.63) is 29.3 Å². The average Bonchev–Trinajstić information content (AvgIpc) is 2.55. The van der Waals surface area contributed by atoms with Crippen LogP contribution in [0.3, 0.4) is 0 Å². The number of hydrogen-bond acceptors (Lipinski definition) is 3. The SMILES string of the molecule is CC(C)CNC(=NCC(=O)N(C)C)NCC(C)Oc1ccc(Cl)cc1. The predicted octanol–water partition coefficient (Wildman–Crippen LogP) is 2.39. The number of benzene rings is 1. The lowest BCUT2D eigenvalue weighted by atomic mass is 10.2. The van der Waals surface area contributed by atoms with Crippen molar-refractivity contribution in [2.45, 2.75) is 26.9 Å². The summed E-state index contributed by atoms with van der Waals surface area (Å²) in [5.41, 5.74) is 0. The zero-order valence-corrected chi connectivity index (χ0v) is 16.4. The van der Waals surface area contributed by atoms with Crippen LogP contribution in [0.1, 0.15) is 20.8 Å². The van der Waals surface area contributed by atoms with Crippen LogP contribution < -0.4 is 15.4 Å². The smallest absolute Gasteiger partial charge is 0.243 e. The molecule has 0 spiro atoms. The van der Waals surface area contributed by atoms with Crippen LogP contribution in [0.2, 0.25) is 5.02 Å². The summed E-state index contributed by atoms with van der Waals surface area (Å²) in [4.78, 5) is 17.6. The fourth-order valence-electron chi connectivity index (χ4n) is 1.79. The molecule has 25 heavy (non-hydrogen) atoms. The van der Waals surface area contributed by atoms with E-state index in [2.05, 4.69) is 29.5 Å². The molecule has 0 radical (unpaired) electrons. The highest BCUT2D eigenvalue weighted by molar-refractivity contribution is 6.30. The molecule has 0 fully saturated rings. The Kier molecular flexibility index (Phi) is 9.13. The third kappa shape index (κ3) is 9.19. The highest BCUT2D eigenvalue weighted by Crippen LogP contribution is 2.16. The largest absolute Gasteiger partial charge is 0.489 e. The van der Waals surface area contributed by atoms with Gasteiger partial charge in [-0.3, -0.25) is 4.79 Å². The number of nitrogens with one attached hydrogen (secondary N) is 2. The third-order valence-corrected chi connectivity index (χ3v) is 3.51. The number of carbonyl (C=O) groups is 1. The number of amides is 1. The van der Waals surface area contributed by atoms with Gasteiger partial charge in [-0.15, -0.1) is 0 Å². The molecule has 6 nitrogen and oxygen atoms in total. The summed E-state index contributed by atoms with van der Waals surface area (Å²) in [7, 11) is 3.43. The molecular weight excluding hydrogens is 340 g/mol. The van der Waals surface area contributed by atoms with Gasteiger partial charge in [0.15, 0.2) is 5.96 Å². The van der Waals surface area contributed by atoms with Gasteiger partial charge in [0, 0.05) is 25.7 Å². The molecule has 1 atom stereocenters. The molecule has 0 aromatic heterocycles. The molecule has 2 N–H and O–H groups in total. The quantitative estimate of drug-likeness (QED) is 0.546. The Bertz CT molecular complexity index is 559. The number of likely N-dealkylation sites (N-methyl/N-ethyl adjacent to an activating group) is 1. The molecule has 7 heteroatoms. The highest BCUT2D eigenvalue weighted by atomic mass is 35.5. The lowest BCUT2D eigenvalue weighted by Gasteiger charge is -2.19. The fourth-order valence-corrected chi connectivity index (χ4v) is 1.92. The standard InChI is InChI=1S/C18H29ClN4O2/c1-13(2)10-20-18(22-12-17(24)23(4)5)21-11-14(3)25-16-8-6-15(19)7-9-16/h6-9,13-14H,10-12H2,1-5H3,(H2,20,21,22). The Morgan fingerprint density at radius 1 is 1.16 bits per heavy atom. The highest BCUT2D eigenvalue weighted by Gasteiger charge is 2.08. The number of rotatable bonds is 8. The van der Waals surface area contributed by atoms with Gasteiger partial charge in [0.1, 0.15) is 18.4 Å². The number of aliphatic imine (C=N–C) groups is 1. The molecular formula is C18H29ClN4O2. The van der Waals surface area contributed by atoms with Crippen molar-refractivity contribution in [2.24, 2.45) is 10.9 Å². The van der Waals surface area contributed by atoms with Gasteiger partial charge in [-0.2, -0.15) is 0 Å². The summed E-state index contributed by atoms with van der Waals surface area (Å²) >= 11 is 5.87. The number of guanidine groups is 1. The fraction of sp³-hybridized carbons (Fsp3) is 0.556. The van der Waals surface area contributed by atoms with Gasteiger partial charge in [-0.05, 0) is 37.1 Å². The second-order valence-corrected chi connectivity index (χ2v) is 6.93. The molecule has 140 valence electrons. The number of carbonyl (C=O) groups excluding carboxylic acids is 1. The van der Waals surface area contributed by atoms with Crippen LogP contribution in [0, 0.1) is 5.92 Å². The maximum absolute atomic E-state index is 11.7. The minimum atomic E-state index is -0.0724. The second kappa shape index (κ2) is 10.8. The Balaban J connectivity index is 2.55. The Labute approximate surface area is 155 Å². The van der Waals surface area contributed by atoms with Crippen molar-refractivity contribution in [1.29, 1.82) is 0 Å². The molecule has 0 heterocycles. The first-order valence-corrected chi connectivity index (χ1v) is 8.80. The summed E-state index contributed by atoms with van der Waals surface area (Å²) in [5.74, 6) is 1.79. The van der Waals surface area contributed by atoms with Crippen LogP contribution in [-0.2, 0) is 4.79 Å². The monoisotopic (exact) mass is 368 g/mol. The summed E-state index contributed by atoms with van der Waals surface area (Å²) in [6.45, 7) is 7.63. The topological polar surface area (TPSA) is 66.0 Å². The summed E-state index contributed by atoms with van der Waals surface area (Å²) in [6.07, 6.45) is -0.0724. The maximum Gasteiger partial charge on any atom is 0.243 e. The lowest BCUT2D eigenvalue weighted by molar-refractivity contribution is -0.127. The van der Waals surface area contributed by atoms with Gasteiger partial charge in [0.25, 0.3) is 0 Å². The van der Waals surface area contributed by atoms with Crippen LogP contribution in [0.25, 0.3) is 0 Å². The molecule has 1 unspecified atom stereocenters. The summed E-state index contributed by atoms with van der Waals surface area (Å²) in [6, 6.07) is 7.25. The first kappa shape index (κ1) is 21.1. The summed E-state index contributed by atoms with van der Waals surface area (Å²) < 4.78 is 5.83. The van der Waals surface area contributed by atoms with E-state index in [9.17, 15) is 4.79 Å². The first-order chi connectivity index (χ1) is 11.8. The van der Waals surface area contributed by atoms with Gasteiger partial charge in [0.05, 0.1) is 6.54 Å². The van der Waals surface area contributed by atoms with Crippen molar-refractivity contribution in [3.8, 4) is 5.75 Å². The molecule has 0 aliphatic rings. The van der Waals surface area contributed by atoms with Crippen LogP contribution in [0.15, 0.2) is 29.3 Å². The first-order valence-electron chi connectivity index (χ1n) is 8.42. The predicted molar refractivity (Wildman–Crippen MR) is 103 cm³/mol. The molecule has 0 saturated carbocycles.